The van der Waals surface area contributed by atoms with Crippen LogP contribution < -0.4 is 10.1 Å². The van der Waals surface area contributed by atoms with Gasteiger partial charge in [0.1, 0.15) is 11.8 Å². The average molecular weight is 247 g/mol. The number of rotatable bonds is 2. The van der Waals surface area contributed by atoms with Crippen molar-refractivity contribution >= 4 is 5.97 Å². The minimum absolute atomic E-state index is 0.0934. The summed E-state index contributed by atoms with van der Waals surface area (Å²) >= 11 is 0. The molecule has 4 nitrogen and oxygen atoms in total. The molecule has 2 bridgehead atoms. The Morgan fingerprint density at radius 2 is 2.33 bits per heavy atom. The molecule has 1 fully saturated rings. The molecule has 1 aliphatic carbocycles. The van der Waals surface area contributed by atoms with Crippen molar-refractivity contribution in [2.75, 3.05) is 13.7 Å². The summed E-state index contributed by atoms with van der Waals surface area (Å²) in [7, 11) is 1.66. The van der Waals surface area contributed by atoms with Gasteiger partial charge in [0.25, 0.3) is 0 Å². The third kappa shape index (κ3) is 1.77. The van der Waals surface area contributed by atoms with Gasteiger partial charge in [0.05, 0.1) is 7.11 Å². The van der Waals surface area contributed by atoms with Crippen LogP contribution in [0.4, 0.5) is 0 Å². The first-order valence-electron chi connectivity index (χ1n) is 6.32. The molecule has 0 unspecified atom stereocenters. The number of fused-ring (bicyclic) bond motifs is 4. The van der Waals surface area contributed by atoms with Crippen LogP contribution in [-0.2, 0) is 11.2 Å². The summed E-state index contributed by atoms with van der Waals surface area (Å²) in [5, 5.41) is 12.4. The molecule has 0 aromatic heterocycles. The second kappa shape index (κ2) is 4.28. The molecule has 0 spiro atoms. The molecule has 2 N–H and O–H groups in total. The van der Waals surface area contributed by atoms with E-state index in [0.717, 1.165) is 25.1 Å². The van der Waals surface area contributed by atoms with E-state index in [-0.39, 0.29) is 5.92 Å². The minimum atomic E-state index is -0.748. The van der Waals surface area contributed by atoms with Gasteiger partial charge in [0, 0.05) is 5.92 Å². The van der Waals surface area contributed by atoms with Crippen molar-refractivity contribution in [1.82, 2.24) is 5.32 Å². The van der Waals surface area contributed by atoms with Crippen LogP contribution in [0, 0.1) is 5.92 Å². The number of nitrogens with one attached hydrogen (secondary N) is 1. The first-order valence-corrected chi connectivity index (χ1v) is 6.32. The monoisotopic (exact) mass is 247 g/mol. The Balaban J connectivity index is 2.01. The summed E-state index contributed by atoms with van der Waals surface area (Å²) in [5.74, 6) is 0.747. The molecule has 1 aromatic carbocycles. The fourth-order valence-electron chi connectivity index (χ4n) is 3.29. The number of carboxylic acids is 1. The Morgan fingerprint density at radius 1 is 1.50 bits per heavy atom. The Bertz CT molecular complexity index is 486. The number of carbonyl (C=O) groups is 1. The van der Waals surface area contributed by atoms with E-state index >= 15 is 0 Å². The van der Waals surface area contributed by atoms with E-state index in [0.29, 0.717) is 5.92 Å². The predicted molar refractivity (Wildman–Crippen MR) is 67.0 cm³/mol. The first kappa shape index (κ1) is 11.5. The number of ether oxygens (including phenoxy) is 1. The third-order valence-electron chi connectivity index (χ3n) is 4.14. The highest BCUT2D eigenvalue weighted by atomic mass is 16.5. The Labute approximate surface area is 106 Å². The number of methoxy groups -OCH3 is 1. The molecule has 3 rings (SSSR count). The molecule has 2 aliphatic rings. The van der Waals surface area contributed by atoms with Crippen molar-refractivity contribution in [1.29, 1.82) is 0 Å². The molecule has 0 saturated carbocycles. The predicted octanol–water partition coefficient (Wildman–Crippen LogP) is 1.40. The Kier molecular flexibility index (Phi) is 2.74. The summed E-state index contributed by atoms with van der Waals surface area (Å²) < 4.78 is 5.24. The highest BCUT2D eigenvalue weighted by molar-refractivity contribution is 5.75. The van der Waals surface area contributed by atoms with Crippen LogP contribution in [-0.4, -0.2) is 30.8 Å². The van der Waals surface area contributed by atoms with Crippen molar-refractivity contribution < 1.29 is 14.6 Å². The highest BCUT2D eigenvalue weighted by Gasteiger charge is 2.39. The molecule has 1 aromatic rings. The van der Waals surface area contributed by atoms with Gasteiger partial charge in [-0.3, -0.25) is 4.79 Å². The molecule has 96 valence electrons. The lowest BCUT2D eigenvalue weighted by Gasteiger charge is -2.40. The number of aliphatic carboxylic acids is 1. The second-order valence-electron chi connectivity index (χ2n) is 5.20. The Morgan fingerprint density at radius 3 is 3.06 bits per heavy atom. The molecule has 0 radical (unpaired) electrons. The number of benzene rings is 1. The first-order chi connectivity index (χ1) is 8.69. The van der Waals surface area contributed by atoms with Crippen molar-refractivity contribution in [3.8, 4) is 5.75 Å². The smallest absolute Gasteiger partial charge is 0.321 e. The number of piperidine rings is 1. The highest BCUT2D eigenvalue weighted by Crippen LogP contribution is 2.40. The van der Waals surface area contributed by atoms with Crippen molar-refractivity contribution in [2.24, 2.45) is 5.92 Å². The SMILES string of the molecule is COc1ccc2c(c1)C[C@H]1CN[C@@H](C(=O)O)[C@@H]2C1. The van der Waals surface area contributed by atoms with Gasteiger partial charge >= 0.3 is 5.97 Å². The zero-order valence-corrected chi connectivity index (χ0v) is 10.3. The standard InChI is InChI=1S/C14H17NO3/c1-18-10-2-3-11-9(6-10)4-8-5-12(11)13(14(16)17)15-7-8/h2-3,6,8,12-13,15H,4-5,7H2,1H3,(H,16,17)/t8-,12-,13-/m1/s1. The fraction of sp³-hybridized carbons (Fsp3) is 0.500. The summed E-state index contributed by atoms with van der Waals surface area (Å²) in [6.45, 7) is 0.796. The van der Waals surface area contributed by atoms with E-state index in [2.05, 4.69) is 11.4 Å². The van der Waals surface area contributed by atoms with E-state index in [9.17, 15) is 9.90 Å². The van der Waals surface area contributed by atoms with Crippen LogP contribution in [0.2, 0.25) is 0 Å². The molecule has 1 saturated heterocycles. The van der Waals surface area contributed by atoms with Crippen molar-refractivity contribution in [2.45, 2.75) is 24.8 Å². The molecular weight excluding hydrogens is 230 g/mol. The zero-order valence-electron chi connectivity index (χ0n) is 10.3. The lowest BCUT2D eigenvalue weighted by Crippen LogP contribution is -2.51. The zero-order chi connectivity index (χ0) is 12.7. The van der Waals surface area contributed by atoms with Gasteiger partial charge in [0.15, 0.2) is 0 Å². The van der Waals surface area contributed by atoms with Crippen LogP contribution in [0.15, 0.2) is 18.2 Å². The van der Waals surface area contributed by atoms with E-state index in [1.54, 1.807) is 7.11 Å². The maximum Gasteiger partial charge on any atom is 0.321 e. The van der Waals surface area contributed by atoms with Gasteiger partial charge in [-0.15, -0.1) is 0 Å². The normalized spacial score (nSPS) is 29.5. The summed E-state index contributed by atoms with van der Waals surface area (Å²) in [6, 6.07) is 5.55. The lowest BCUT2D eigenvalue weighted by molar-refractivity contribution is -0.141. The van der Waals surface area contributed by atoms with Crippen LogP contribution in [0.1, 0.15) is 23.5 Å². The molecule has 18 heavy (non-hydrogen) atoms. The minimum Gasteiger partial charge on any atom is -0.497 e. The quantitative estimate of drug-likeness (QED) is 0.829. The van der Waals surface area contributed by atoms with E-state index in [1.807, 2.05) is 12.1 Å². The summed E-state index contributed by atoms with van der Waals surface area (Å²) in [6.07, 6.45) is 1.99. The van der Waals surface area contributed by atoms with E-state index in [4.69, 9.17) is 4.74 Å². The van der Waals surface area contributed by atoms with Crippen LogP contribution >= 0.6 is 0 Å². The topological polar surface area (TPSA) is 58.6 Å². The maximum absolute atomic E-state index is 11.3. The largest absolute Gasteiger partial charge is 0.497 e. The van der Waals surface area contributed by atoms with E-state index in [1.165, 1.54) is 11.1 Å². The molecule has 4 heteroatoms. The molecule has 1 aliphatic heterocycles. The number of hydrogen-bond acceptors (Lipinski definition) is 3. The third-order valence-corrected chi connectivity index (χ3v) is 4.14. The van der Waals surface area contributed by atoms with Gasteiger partial charge in [-0.1, -0.05) is 6.07 Å². The van der Waals surface area contributed by atoms with E-state index < -0.39 is 12.0 Å². The van der Waals surface area contributed by atoms with Gasteiger partial charge in [0.2, 0.25) is 0 Å². The van der Waals surface area contributed by atoms with Gasteiger partial charge in [-0.2, -0.15) is 0 Å². The van der Waals surface area contributed by atoms with Gasteiger partial charge in [-0.25, -0.2) is 0 Å². The lowest BCUT2D eigenvalue weighted by atomic mass is 9.71. The molecular formula is C14H17NO3. The number of carboxylic acid groups (broad SMARTS) is 1. The molecule has 0 amide bonds. The van der Waals surface area contributed by atoms with Crippen molar-refractivity contribution in [3.63, 3.8) is 0 Å². The van der Waals surface area contributed by atoms with Gasteiger partial charge in [-0.05, 0) is 48.6 Å². The molecule has 3 atom stereocenters. The van der Waals surface area contributed by atoms with Crippen LogP contribution in [0.25, 0.3) is 0 Å². The van der Waals surface area contributed by atoms with Crippen LogP contribution in [0.5, 0.6) is 5.75 Å². The van der Waals surface area contributed by atoms with Crippen molar-refractivity contribution in [3.05, 3.63) is 29.3 Å². The Hall–Kier alpha value is -1.55. The molecule has 1 heterocycles. The summed E-state index contributed by atoms with van der Waals surface area (Å²) in [4.78, 5) is 11.3. The van der Waals surface area contributed by atoms with Gasteiger partial charge < -0.3 is 15.2 Å². The van der Waals surface area contributed by atoms with Crippen LogP contribution in [0.3, 0.4) is 0 Å². The number of hydrogen-bond donors (Lipinski definition) is 2. The fourth-order valence-corrected chi connectivity index (χ4v) is 3.29. The average Bonchev–Trinajstić information content (AvgIpc) is 2.38. The maximum atomic E-state index is 11.3. The summed E-state index contributed by atoms with van der Waals surface area (Å²) in [5.41, 5.74) is 2.43. The second-order valence-corrected chi connectivity index (χ2v) is 5.20.